The fourth-order valence-corrected chi connectivity index (χ4v) is 1.78. The molecule has 0 saturated carbocycles. The third-order valence-electron chi connectivity index (χ3n) is 2.54. The number of nitrogens with one attached hydrogen (secondary N) is 1. The monoisotopic (exact) mass is 263 g/mol. The summed E-state index contributed by atoms with van der Waals surface area (Å²) in [6, 6.07) is 0. The van der Waals surface area contributed by atoms with Gasteiger partial charge in [0.1, 0.15) is 5.15 Å². The van der Waals surface area contributed by atoms with Crippen LogP contribution in [-0.4, -0.2) is 22.2 Å². The number of rotatable bonds is 5. The second kappa shape index (κ2) is 5.39. The van der Waals surface area contributed by atoms with Crippen LogP contribution in [0, 0.1) is 12.3 Å². The molecule has 0 aromatic carbocycles. The highest BCUT2D eigenvalue weighted by molar-refractivity contribution is 6.30. The van der Waals surface area contributed by atoms with Crippen molar-refractivity contribution in [2.45, 2.75) is 27.3 Å². The summed E-state index contributed by atoms with van der Waals surface area (Å²) in [6.07, 6.45) is 0. The van der Waals surface area contributed by atoms with Gasteiger partial charge in [0.2, 0.25) is 0 Å². The zero-order valence-corrected chi connectivity index (χ0v) is 11.8. The van der Waals surface area contributed by atoms with E-state index < -0.39 is 0 Å². The molecule has 1 aromatic heterocycles. The summed E-state index contributed by atoms with van der Waals surface area (Å²) in [5, 5.41) is 8.33. The van der Waals surface area contributed by atoms with E-state index in [1.54, 1.807) is 4.68 Å². The summed E-state index contributed by atoms with van der Waals surface area (Å²) in [4.78, 5) is 0. The minimum absolute atomic E-state index is 0.101. The Morgan fingerprint density at radius 1 is 1.44 bits per heavy atom. The predicted octanol–water partition coefficient (Wildman–Crippen LogP) is 2.74. The number of hydrogen-bond acceptors (Lipinski definition) is 2. The van der Waals surface area contributed by atoms with Crippen LogP contribution < -0.4 is 5.32 Å². The molecule has 1 N–H and O–H groups in total. The molecule has 3 nitrogen and oxygen atoms in total. The van der Waals surface area contributed by atoms with E-state index in [1.165, 1.54) is 0 Å². The van der Waals surface area contributed by atoms with Crippen molar-refractivity contribution in [1.82, 2.24) is 15.1 Å². The molecular weight excluding hydrogens is 245 g/mol. The highest BCUT2D eigenvalue weighted by Crippen LogP contribution is 2.19. The Morgan fingerprint density at radius 2 is 2.06 bits per heavy atom. The van der Waals surface area contributed by atoms with E-state index in [0.717, 1.165) is 24.3 Å². The summed E-state index contributed by atoms with van der Waals surface area (Å²) in [5.74, 6) is 0.639. The number of aryl methyl sites for hydroxylation is 2. The lowest BCUT2D eigenvalue weighted by molar-refractivity contribution is 0.385. The zero-order chi connectivity index (χ0) is 12.3. The molecule has 1 rings (SSSR count). The highest BCUT2D eigenvalue weighted by atomic mass is 35.5. The minimum atomic E-state index is 0.101. The summed E-state index contributed by atoms with van der Waals surface area (Å²) in [5.41, 5.74) is 2.14. The van der Waals surface area contributed by atoms with E-state index in [9.17, 15) is 0 Å². The Hall–Kier alpha value is -0.250. The molecule has 1 aromatic rings. The molecule has 0 saturated heterocycles. The molecule has 1 heterocycles. The second-order valence-corrected chi connectivity index (χ2v) is 5.51. The van der Waals surface area contributed by atoms with Crippen LogP contribution in [0.1, 0.15) is 25.1 Å². The van der Waals surface area contributed by atoms with Crippen molar-refractivity contribution in [3.05, 3.63) is 16.4 Å². The molecule has 0 amide bonds. The Bertz CT molecular complexity index is 358. The third kappa shape index (κ3) is 3.37. The van der Waals surface area contributed by atoms with E-state index in [2.05, 4.69) is 24.3 Å². The van der Waals surface area contributed by atoms with E-state index in [1.807, 2.05) is 14.0 Å². The molecule has 0 radical (unpaired) electrons. The van der Waals surface area contributed by atoms with Crippen LogP contribution in [-0.2, 0) is 13.6 Å². The van der Waals surface area contributed by atoms with Crippen molar-refractivity contribution in [2.75, 3.05) is 12.4 Å². The standard InChI is InChI=1S/C11H19Cl2N3/c1-8-9(10(13)16(4)15-8)5-14-7-11(2,3)6-12/h14H,5-7H2,1-4H3. The van der Waals surface area contributed by atoms with Gasteiger partial charge in [0, 0.05) is 31.6 Å². The predicted molar refractivity (Wildman–Crippen MR) is 69.2 cm³/mol. The summed E-state index contributed by atoms with van der Waals surface area (Å²) < 4.78 is 1.70. The van der Waals surface area contributed by atoms with Gasteiger partial charge in [-0.15, -0.1) is 11.6 Å². The molecule has 0 atom stereocenters. The first kappa shape index (κ1) is 13.8. The lowest BCUT2D eigenvalue weighted by atomic mass is 9.96. The van der Waals surface area contributed by atoms with Gasteiger partial charge in [-0.1, -0.05) is 25.4 Å². The SMILES string of the molecule is Cc1nn(C)c(Cl)c1CNCC(C)(C)CCl. The molecule has 0 spiro atoms. The quantitative estimate of drug-likeness (QED) is 0.829. The smallest absolute Gasteiger partial charge is 0.131 e. The summed E-state index contributed by atoms with van der Waals surface area (Å²) >= 11 is 12.0. The molecule has 0 unspecified atom stereocenters. The third-order valence-corrected chi connectivity index (χ3v) is 3.73. The molecule has 5 heteroatoms. The molecule has 16 heavy (non-hydrogen) atoms. The Balaban J connectivity index is 2.55. The normalized spacial score (nSPS) is 12.1. The van der Waals surface area contributed by atoms with Crippen LogP contribution in [0.4, 0.5) is 0 Å². The number of alkyl halides is 1. The van der Waals surface area contributed by atoms with Gasteiger partial charge in [0.15, 0.2) is 0 Å². The van der Waals surface area contributed by atoms with Gasteiger partial charge in [0.25, 0.3) is 0 Å². The minimum Gasteiger partial charge on any atom is -0.312 e. The van der Waals surface area contributed by atoms with Crippen molar-refractivity contribution in [1.29, 1.82) is 0 Å². The topological polar surface area (TPSA) is 29.9 Å². The van der Waals surface area contributed by atoms with Crippen molar-refractivity contribution in [3.63, 3.8) is 0 Å². The van der Waals surface area contributed by atoms with Crippen LogP contribution >= 0.6 is 23.2 Å². The lowest BCUT2D eigenvalue weighted by Gasteiger charge is -2.21. The van der Waals surface area contributed by atoms with Crippen LogP contribution in [0.2, 0.25) is 5.15 Å². The number of halogens is 2. The number of nitrogens with zero attached hydrogens (tertiary/aromatic N) is 2. The number of aromatic nitrogens is 2. The second-order valence-electron chi connectivity index (χ2n) is 4.88. The first-order chi connectivity index (χ1) is 7.37. The van der Waals surface area contributed by atoms with E-state index >= 15 is 0 Å². The van der Waals surface area contributed by atoms with Gasteiger partial charge < -0.3 is 5.32 Å². The maximum atomic E-state index is 6.13. The van der Waals surface area contributed by atoms with Crippen molar-refractivity contribution >= 4 is 23.2 Å². The van der Waals surface area contributed by atoms with Crippen LogP contribution in [0.5, 0.6) is 0 Å². The average Bonchev–Trinajstić information content (AvgIpc) is 2.44. The first-order valence-electron chi connectivity index (χ1n) is 5.32. The largest absolute Gasteiger partial charge is 0.312 e. The Morgan fingerprint density at radius 3 is 2.50 bits per heavy atom. The lowest BCUT2D eigenvalue weighted by Crippen LogP contribution is -2.30. The van der Waals surface area contributed by atoms with Gasteiger partial charge in [-0.25, -0.2) is 0 Å². The van der Waals surface area contributed by atoms with Gasteiger partial charge in [-0.3, -0.25) is 4.68 Å². The van der Waals surface area contributed by atoms with Gasteiger partial charge in [0.05, 0.1) is 5.69 Å². The van der Waals surface area contributed by atoms with Gasteiger partial charge in [-0.05, 0) is 12.3 Å². The molecule has 0 aliphatic heterocycles. The molecule has 92 valence electrons. The summed E-state index contributed by atoms with van der Waals surface area (Å²) in [6.45, 7) is 7.82. The molecular formula is C11H19Cl2N3. The number of hydrogen-bond donors (Lipinski definition) is 1. The summed E-state index contributed by atoms with van der Waals surface area (Å²) in [7, 11) is 1.85. The van der Waals surface area contributed by atoms with Crippen LogP contribution in [0.25, 0.3) is 0 Å². The molecule has 0 aliphatic rings. The average molecular weight is 264 g/mol. The fraction of sp³-hybridized carbons (Fsp3) is 0.727. The highest BCUT2D eigenvalue weighted by Gasteiger charge is 2.17. The first-order valence-corrected chi connectivity index (χ1v) is 6.23. The van der Waals surface area contributed by atoms with Crippen molar-refractivity contribution < 1.29 is 0 Å². The molecule has 0 fully saturated rings. The zero-order valence-electron chi connectivity index (χ0n) is 10.3. The maximum absolute atomic E-state index is 6.13. The van der Waals surface area contributed by atoms with E-state index in [-0.39, 0.29) is 5.41 Å². The molecule has 0 bridgehead atoms. The van der Waals surface area contributed by atoms with Crippen molar-refractivity contribution in [3.8, 4) is 0 Å². The molecule has 0 aliphatic carbocycles. The van der Waals surface area contributed by atoms with Gasteiger partial charge in [-0.2, -0.15) is 5.10 Å². The van der Waals surface area contributed by atoms with Gasteiger partial charge >= 0.3 is 0 Å². The van der Waals surface area contributed by atoms with Crippen molar-refractivity contribution in [2.24, 2.45) is 12.5 Å². The maximum Gasteiger partial charge on any atom is 0.131 e. The van der Waals surface area contributed by atoms with Crippen LogP contribution in [0.15, 0.2) is 0 Å². The Kier molecular flexibility index (Phi) is 4.65. The van der Waals surface area contributed by atoms with E-state index in [0.29, 0.717) is 11.0 Å². The Labute approximate surface area is 107 Å². The fourth-order valence-electron chi connectivity index (χ4n) is 1.45. The van der Waals surface area contributed by atoms with Crippen LogP contribution in [0.3, 0.4) is 0 Å². The van der Waals surface area contributed by atoms with E-state index in [4.69, 9.17) is 23.2 Å².